The number of amides is 4. The average molecular weight is 708 g/mol. The lowest BCUT2D eigenvalue weighted by molar-refractivity contribution is -0.144. The molecule has 5 rings (SSSR count). The van der Waals surface area contributed by atoms with E-state index in [2.05, 4.69) is 21.4 Å². The van der Waals surface area contributed by atoms with E-state index in [9.17, 15) is 24.0 Å². The molecule has 2 aliphatic heterocycles. The summed E-state index contributed by atoms with van der Waals surface area (Å²) in [4.78, 5) is 74.9. The molecule has 2 aromatic rings. The number of nitrogens with one attached hydrogen (secondary N) is 4. The van der Waals surface area contributed by atoms with Gasteiger partial charge in [0.05, 0.1) is 24.9 Å². The van der Waals surface area contributed by atoms with E-state index in [1.165, 1.54) is 4.90 Å². The van der Waals surface area contributed by atoms with Gasteiger partial charge in [0.25, 0.3) is 5.91 Å². The maximum atomic E-state index is 14.5. The highest BCUT2D eigenvalue weighted by Gasteiger charge is 2.54. The molecule has 50 heavy (non-hydrogen) atoms. The number of Topliss-reactive ketones (excluding diaryl/α,β-unsaturated/α-hetero) is 1. The van der Waals surface area contributed by atoms with Crippen molar-refractivity contribution in [1.29, 1.82) is 0 Å². The molecule has 3 aliphatic rings. The SMILES string of the molecule is CCC[C@H](NC(=O)[C@@H]1C[C@]2(C=C(c3cccc(Cl)c3)NO2)CN1C(=O)[C@@H](NC(=O)OCCc1ccccc1)C(C)(C)C)C(=O)C(=O)NC1CC1. The molecule has 0 unspecified atom stereocenters. The quantitative estimate of drug-likeness (QED) is 0.227. The van der Waals surface area contributed by atoms with E-state index in [1.54, 1.807) is 39.0 Å². The van der Waals surface area contributed by atoms with Crippen LogP contribution in [0.3, 0.4) is 0 Å². The smallest absolute Gasteiger partial charge is 0.407 e. The minimum absolute atomic E-state index is 0.0217. The van der Waals surface area contributed by atoms with Crippen LogP contribution >= 0.6 is 11.6 Å². The Hall–Kier alpha value is -4.42. The van der Waals surface area contributed by atoms with Crippen molar-refractivity contribution < 1.29 is 33.5 Å². The molecule has 4 amide bonds. The summed E-state index contributed by atoms with van der Waals surface area (Å²) in [6.07, 6.45) is 4.00. The molecule has 4 N–H and O–H groups in total. The summed E-state index contributed by atoms with van der Waals surface area (Å²) < 4.78 is 5.45. The summed E-state index contributed by atoms with van der Waals surface area (Å²) in [6, 6.07) is 13.5. The Labute approximate surface area is 297 Å². The van der Waals surface area contributed by atoms with Gasteiger partial charge in [-0.15, -0.1) is 0 Å². The normalized spacial score (nSPS) is 21.1. The molecule has 0 aromatic heterocycles. The van der Waals surface area contributed by atoms with Crippen LogP contribution in [0.25, 0.3) is 5.70 Å². The Kier molecular flexibility index (Phi) is 11.5. The zero-order valence-corrected chi connectivity index (χ0v) is 29.7. The first kappa shape index (κ1) is 36.9. The highest BCUT2D eigenvalue weighted by atomic mass is 35.5. The topological polar surface area (TPSA) is 155 Å². The van der Waals surface area contributed by atoms with Gasteiger partial charge in [-0.1, -0.05) is 88.2 Å². The Bertz CT molecular complexity index is 1620. The van der Waals surface area contributed by atoms with Crippen LogP contribution in [0.4, 0.5) is 4.79 Å². The average Bonchev–Trinajstić information content (AvgIpc) is 3.67. The number of carbonyl (C=O) groups is 5. The van der Waals surface area contributed by atoms with Crippen molar-refractivity contribution in [2.45, 2.75) is 96.0 Å². The molecule has 2 aromatic carbocycles. The fraction of sp³-hybridized carbons (Fsp3) is 0.486. The van der Waals surface area contributed by atoms with E-state index < -0.39 is 58.7 Å². The van der Waals surface area contributed by atoms with Crippen molar-refractivity contribution >= 4 is 46.9 Å². The van der Waals surface area contributed by atoms with Crippen LogP contribution < -0.4 is 21.4 Å². The minimum Gasteiger partial charge on any atom is -0.449 e. The predicted molar refractivity (Wildman–Crippen MR) is 187 cm³/mol. The number of alkyl carbamates (subject to hydrolysis) is 1. The highest BCUT2D eigenvalue weighted by molar-refractivity contribution is 6.38. The van der Waals surface area contributed by atoms with E-state index >= 15 is 0 Å². The van der Waals surface area contributed by atoms with Gasteiger partial charge >= 0.3 is 6.09 Å². The molecule has 0 bridgehead atoms. The second-order valence-corrected chi connectivity index (χ2v) is 14.7. The zero-order valence-electron chi connectivity index (χ0n) is 28.9. The first-order valence-corrected chi connectivity index (χ1v) is 17.5. The second-order valence-electron chi connectivity index (χ2n) is 14.3. The van der Waals surface area contributed by atoms with Crippen molar-refractivity contribution in [1.82, 2.24) is 26.3 Å². The van der Waals surface area contributed by atoms with Crippen LogP contribution in [0.2, 0.25) is 5.02 Å². The van der Waals surface area contributed by atoms with Gasteiger partial charge in [-0.25, -0.2) is 4.79 Å². The van der Waals surface area contributed by atoms with Gasteiger partial charge in [0.1, 0.15) is 17.7 Å². The van der Waals surface area contributed by atoms with Crippen molar-refractivity contribution in [2.24, 2.45) is 5.41 Å². The lowest BCUT2D eigenvalue weighted by atomic mass is 9.85. The molecule has 1 spiro atoms. The predicted octanol–water partition coefficient (Wildman–Crippen LogP) is 4.07. The van der Waals surface area contributed by atoms with E-state index in [0.717, 1.165) is 24.0 Å². The molecule has 1 saturated carbocycles. The molecular weight excluding hydrogens is 662 g/mol. The molecule has 12 nitrogen and oxygen atoms in total. The lowest BCUT2D eigenvalue weighted by Crippen LogP contribution is -2.59. The Morgan fingerprint density at radius 1 is 1.06 bits per heavy atom. The third-order valence-electron chi connectivity index (χ3n) is 9.03. The van der Waals surface area contributed by atoms with E-state index in [4.69, 9.17) is 21.2 Å². The molecule has 1 saturated heterocycles. The molecule has 1 aliphatic carbocycles. The van der Waals surface area contributed by atoms with Gasteiger partial charge in [-0.3, -0.25) is 29.5 Å². The maximum Gasteiger partial charge on any atom is 0.407 e. The zero-order chi connectivity index (χ0) is 36.1. The number of hydrogen-bond donors (Lipinski definition) is 4. The summed E-state index contributed by atoms with van der Waals surface area (Å²) in [5, 5.41) is 8.73. The Balaban J connectivity index is 1.38. The lowest BCUT2D eigenvalue weighted by Gasteiger charge is -2.35. The summed E-state index contributed by atoms with van der Waals surface area (Å²) in [5.74, 6) is -2.59. The first-order valence-electron chi connectivity index (χ1n) is 17.1. The van der Waals surface area contributed by atoms with Crippen molar-refractivity contribution in [3.63, 3.8) is 0 Å². The molecule has 0 radical (unpaired) electrons. The van der Waals surface area contributed by atoms with E-state index in [0.29, 0.717) is 23.6 Å². The van der Waals surface area contributed by atoms with Crippen LogP contribution in [0, 0.1) is 5.41 Å². The number of nitrogens with zero attached hydrogens (tertiary/aromatic N) is 1. The fourth-order valence-corrected chi connectivity index (χ4v) is 6.36. The Morgan fingerprint density at radius 2 is 1.80 bits per heavy atom. The van der Waals surface area contributed by atoms with Gasteiger partial charge in [0.2, 0.25) is 17.6 Å². The van der Waals surface area contributed by atoms with Gasteiger partial charge in [0, 0.05) is 29.5 Å². The Morgan fingerprint density at radius 3 is 2.46 bits per heavy atom. The number of likely N-dealkylation sites (tertiary alicyclic amines) is 1. The number of hydroxylamine groups is 1. The third kappa shape index (κ3) is 9.22. The summed E-state index contributed by atoms with van der Waals surface area (Å²) in [5.41, 5.74) is 3.39. The maximum absolute atomic E-state index is 14.5. The van der Waals surface area contributed by atoms with E-state index in [1.807, 2.05) is 49.4 Å². The van der Waals surface area contributed by atoms with Gasteiger partial charge in [-0.2, -0.15) is 0 Å². The van der Waals surface area contributed by atoms with Crippen molar-refractivity contribution in [3.8, 4) is 0 Å². The van der Waals surface area contributed by atoms with Crippen LogP contribution in [-0.4, -0.2) is 77.4 Å². The molecule has 268 valence electrons. The highest BCUT2D eigenvalue weighted by Crippen LogP contribution is 2.39. The molecule has 13 heteroatoms. The van der Waals surface area contributed by atoms with Crippen LogP contribution in [0.15, 0.2) is 60.7 Å². The minimum atomic E-state index is -1.12. The third-order valence-corrected chi connectivity index (χ3v) is 9.27. The summed E-state index contributed by atoms with van der Waals surface area (Å²) >= 11 is 6.24. The van der Waals surface area contributed by atoms with Crippen molar-refractivity contribution in [3.05, 3.63) is 76.8 Å². The fourth-order valence-electron chi connectivity index (χ4n) is 6.17. The first-order chi connectivity index (χ1) is 23.8. The number of ketones is 1. The second kappa shape index (κ2) is 15.6. The number of ether oxygens (including phenoxy) is 1. The number of rotatable bonds is 13. The molecule has 2 fully saturated rings. The van der Waals surface area contributed by atoms with Gasteiger partial charge < -0.3 is 25.6 Å². The van der Waals surface area contributed by atoms with Crippen LogP contribution in [0.1, 0.15) is 70.9 Å². The van der Waals surface area contributed by atoms with Crippen LogP contribution in [0.5, 0.6) is 0 Å². The van der Waals surface area contributed by atoms with Gasteiger partial charge in [-0.05, 0) is 48.4 Å². The number of carbonyl (C=O) groups excluding carboxylic acids is 5. The van der Waals surface area contributed by atoms with Crippen LogP contribution in [-0.2, 0) is 35.2 Å². The number of halogens is 1. The monoisotopic (exact) mass is 707 g/mol. The molecule has 2 heterocycles. The van der Waals surface area contributed by atoms with Crippen molar-refractivity contribution in [2.75, 3.05) is 13.2 Å². The molecular formula is C37H46ClN5O7. The number of benzene rings is 2. The summed E-state index contributed by atoms with van der Waals surface area (Å²) in [6.45, 7) is 7.34. The van der Waals surface area contributed by atoms with Gasteiger partial charge in [0.15, 0.2) is 0 Å². The summed E-state index contributed by atoms with van der Waals surface area (Å²) in [7, 11) is 0. The standard InChI is InChI=1S/C37H46ClN5O7/c1-5-10-27(30(44)33(46)39-26-15-16-26)40-32(45)29-21-37(20-28(42-50-37)24-13-9-14-25(38)19-24)22-43(29)34(47)31(36(2,3)4)41-35(48)49-18-17-23-11-7-6-8-12-23/h6-9,11-14,19-20,26-27,29,31,42H,5,10,15-18,21-22H2,1-4H3,(H,39,46)(H,40,45)(H,41,48)/t27-,29-,31+,37+/m0/s1. The number of hydrogen-bond acceptors (Lipinski definition) is 8. The van der Waals surface area contributed by atoms with E-state index in [-0.39, 0.29) is 32.0 Å². The molecule has 4 atom stereocenters. The largest absolute Gasteiger partial charge is 0.449 e.